The molecule has 1 aliphatic rings. The molecule has 0 radical (unpaired) electrons. The lowest BCUT2D eigenvalue weighted by Gasteiger charge is -2.02. The number of aliphatic imine (C=N–C) groups is 1. The van der Waals surface area contributed by atoms with Gasteiger partial charge in [0.25, 0.3) is 0 Å². The van der Waals surface area contributed by atoms with Gasteiger partial charge in [0.05, 0.1) is 5.04 Å². The fraction of sp³-hybridized carbons (Fsp3) is 0.933. The SMILES string of the molecule is CCCCCCCCCCCCC1=NCCS1. The van der Waals surface area contributed by atoms with Crippen LogP contribution < -0.4 is 0 Å². The van der Waals surface area contributed by atoms with Gasteiger partial charge in [-0.3, -0.25) is 4.99 Å². The zero-order chi connectivity index (χ0) is 12.2. The van der Waals surface area contributed by atoms with Gasteiger partial charge in [-0.1, -0.05) is 64.7 Å². The third kappa shape index (κ3) is 8.70. The Balaban J connectivity index is 1.72. The number of hydrogen-bond acceptors (Lipinski definition) is 2. The Morgan fingerprint density at radius 1 is 0.882 bits per heavy atom. The molecule has 0 fully saturated rings. The first kappa shape index (κ1) is 15.1. The molecule has 0 amide bonds. The highest BCUT2D eigenvalue weighted by molar-refractivity contribution is 8.14. The molecule has 0 aromatic heterocycles. The fourth-order valence-corrected chi connectivity index (χ4v) is 3.18. The van der Waals surface area contributed by atoms with Gasteiger partial charge in [-0.2, -0.15) is 0 Å². The van der Waals surface area contributed by atoms with E-state index in [0.717, 1.165) is 6.54 Å². The standard InChI is InChI=1S/C15H29NS/c1-2-3-4-5-6-7-8-9-10-11-12-15-16-13-14-17-15/h2-14H2,1H3. The van der Waals surface area contributed by atoms with Crippen molar-refractivity contribution in [3.63, 3.8) is 0 Å². The quantitative estimate of drug-likeness (QED) is 0.448. The Morgan fingerprint density at radius 2 is 1.47 bits per heavy atom. The highest BCUT2D eigenvalue weighted by Gasteiger charge is 2.05. The first-order valence-corrected chi connectivity index (χ1v) is 8.58. The zero-order valence-corrected chi connectivity index (χ0v) is 12.4. The third-order valence-corrected chi connectivity index (χ3v) is 4.45. The maximum absolute atomic E-state index is 4.49. The van der Waals surface area contributed by atoms with E-state index in [0.29, 0.717) is 0 Å². The molecule has 100 valence electrons. The molecule has 0 saturated heterocycles. The van der Waals surface area contributed by atoms with Crippen LogP contribution in [0.15, 0.2) is 4.99 Å². The van der Waals surface area contributed by atoms with Gasteiger partial charge in [0.2, 0.25) is 0 Å². The lowest BCUT2D eigenvalue weighted by molar-refractivity contribution is 0.559. The second kappa shape index (κ2) is 11.1. The lowest BCUT2D eigenvalue weighted by atomic mass is 10.1. The third-order valence-electron chi connectivity index (χ3n) is 3.39. The van der Waals surface area contributed by atoms with E-state index in [4.69, 9.17) is 0 Å². The monoisotopic (exact) mass is 255 g/mol. The molecule has 1 aliphatic heterocycles. The summed E-state index contributed by atoms with van der Waals surface area (Å²) in [4.78, 5) is 4.49. The predicted octanol–water partition coefficient (Wildman–Crippen LogP) is 5.44. The number of rotatable bonds is 11. The zero-order valence-electron chi connectivity index (χ0n) is 11.5. The van der Waals surface area contributed by atoms with Crippen LogP contribution in [-0.4, -0.2) is 17.3 Å². The van der Waals surface area contributed by atoms with Crippen molar-refractivity contribution >= 4 is 16.8 Å². The van der Waals surface area contributed by atoms with E-state index in [1.807, 2.05) is 11.8 Å². The number of hydrogen-bond donors (Lipinski definition) is 0. The predicted molar refractivity (Wildman–Crippen MR) is 81.2 cm³/mol. The summed E-state index contributed by atoms with van der Waals surface area (Å²) in [7, 11) is 0. The minimum atomic E-state index is 1.07. The van der Waals surface area contributed by atoms with Crippen LogP contribution >= 0.6 is 11.8 Å². The summed E-state index contributed by atoms with van der Waals surface area (Å²) in [5, 5.41) is 1.42. The van der Waals surface area contributed by atoms with E-state index < -0.39 is 0 Å². The Morgan fingerprint density at radius 3 is 2.00 bits per heavy atom. The summed E-state index contributed by atoms with van der Waals surface area (Å²) < 4.78 is 0. The molecule has 0 atom stereocenters. The minimum absolute atomic E-state index is 1.07. The molecule has 0 aromatic carbocycles. The van der Waals surface area contributed by atoms with Crippen molar-refractivity contribution in [2.45, 2.75) is 77.6 Å². The number of nitrogens with zero attached hydrogens (tertiary/aromatic N) is 1. The Labute approximate surface area is 112 Å². The van der Waals surface area contributed by atoms with E-state index in [1.54, 1.807) is 0 Å². The van der Waals surface area contributed by atoms with Crippen molar-refractivity contribution in [3.05, 3.63) is 0 Å². The molecule has 1 rings (SSSR count). The molecule has 0 spiro atoms. The first-order valence-electron chi connectivity index (χ1n) is 7.59. The van der Waals surface area contributed by atoms with Crippen molar-refractivity contribution in [1.29, 1.82) is 0 Å². The van der Waals surface area contributed by atoms with E-state index in [2.05, 4.69) is 11.9 Å². The summed E-state index contributed by atoms with van der Waals surface area (Å²) in [6.07, 6.45) is 15.5. The maximum atomic E-state index is 4.49. The highest BCUT2D eigenvalue weighted by atomic mass is 32.2. The molecule has 0 saturated carbocycles. The number of thioether (sulfide) groups is 1. The van der Waals surface area contributed by atoms with Crippen LogP contribution in [0.1, 0.15) is 77.6 Å². The van der Waals surface area contributed by atoms with Gasteiger partial charge >= 0.3 is 0 Å². The van der Waals surface area contributed by atoms with Crippen LogP contribution in [0.3, 0.4) is 0 Å². The summed E-state index contributed by atoms with van der Waals surface area (Å²) in [5.74, 6) is 1.23. The van der Waals surface area contributed by atoms with Crippen molar-refractivity contribution in [1.82, 2.24) is 0 Å². The summed E-state index contributed by atoms with van der Waals surface area (Å²) in [5.41, 5.74) is 0. The molecule has 0 bridgehead atoms. The molecule has 0 N–H and O–H groups in total. The van der Waals surface area contributed by atoms with Crippen LogP contribution in [0.2, 0.25) is 0 Å². The second-order valence-corrected chi connectivity index (χ2v) is 6.22. The molecule has 0 unspecified atom stereocenters. The molecule has 1 nitrogen and oxygen atoms in total. The molecule has 0 aromatic rings. The Kier molecular flexibility index (Phi) is 9.87. The van der Waals surface area contributed by atoms with Gasteiger partial charge in [-0.15, -0.1) is 11.8 Å². The van der Waals surface area contributed by atoms with Gasteiger partial charge in [0.15, 0.2) is 0 Å². The second-order valence-electron chi connectivity index (χ2n) is 5.06. The van der Waals surface area contributed by atoms with Crippen LogP contribution in [0.5, 0.6) is 0 Å². The minimum Gasteiger partial charge on any atom is -0.282 e. The van der Waals surface area contributed by atoms with Gasteiger partial charge in [-0.05, 0) is 12.8 Å². The van der Waals surface area contributed by atoms with Crippen molar-refractivity contribution in [2.24, 2.45) is 4.99 Å². The highest BCUT2D eigenvalue weighted by Crippen LogP contribution is 2.18. The average molecular weight is 255 g/mol. The first-order chi connectivity index (χ1) is 8.43. The van der Waals surface area contributed by atoms with E-state index in [1.165, 1.54) is 81.4 Å². The van der Waals surface area contributed by atoms with Crippen molar-refractivity contribution < 1.29 is 0 Å². The van der Waals surface area contributed by atoms with Crippen molar-refractivity contribution in [2.75, 3.05) is 12.3 Å². The van der Waals surface area contributed by atoms with E-state index >= 15 is 0 Å². The van der Waals surface area contributed by atoms with E-state index in [-0.39, 0.29) is 0 Å². The molecule has 17 heavy (non-hydrogen) atoms. The Hall–Kier alpha value is 0.0200. The van der Waals surface area contributed by atoms with E-state index in [9.17, 15) is 0 Å². The largest absolute Gasteiger partial charge is 0.282 e. The van der Waals surface area contributed by atoms with Gasteiger partial charge in [-0.25, -0.2) is 0 Å². The van der Waals surface area contributed by atoms with Gasteiger partial charge < -0.3 is 0 Å². The van der Waals surface area contributed by atoms with Gasteiger partial charge in [0, 0.05) is 12.3 Å². The lowest BCUT2D eigenvalue weighted by Crippen LogP contribution is -1.88. The van der Waals surface area contributed by atoms with Crippen molar-refractivity contribution in [3.8, 4) is 0 Å². The maximum Gasteiger partial charge on any atom is 0.0676 e. The topological polar surface area (TPSA) is 12.4 Å². The molecular weight excluding hydrogens is 226 g/mol. The number of unbranched alkanes of at least 4 members (excludes halogenated alkanes) is 9. The van der Waals surface area contributed by atoms with Gasteiger partial charge in [0.1, 0.15) is 0 Å². The van der Waals surface area contributed by atoms with Crippen LogP contribution in [0, 0.1) is 0 Å². The molecule has 2 heteroatoms. The molecule has 0 aliphatic carbocycles. The Bertz CT molecular complexity index is 201. The summed E-state index contributed by atoms with van der Waals surface area (Å²) >= 11 is 1.97. The molecule has 1 heterocycles. The van der Waals surface area contributed by atoms with Crippen LogP contribution in [-0.2, 0) is 0 Å². The smallest absolute Gasteiger partial charge is 0.0676 e. The van der Waals surface area contributed by atoms with Crippen LogP contribution in [0.25, 0.3) is 0 Å². The summed E-state index contributed by atoms with van der Waals surface area (Å²) in [6.45, 7) is 3.35. The molecular formula is C15H29NS. The fourth-order valence-electron chi connectivity index (χ4n) is 2.29. The normalized spacial score (nSPS) is 15.2. The summed E-state index contributed by atoms with van der Waals surface area (Å²) in [6, 6.07) is 0. The average Bonchev–Trinajstić information content (AvgIpc) is 2.85. The van der Waals surface area contributed by atoms with Crippen LogP contribution in [0.4, 0.5) is 0 Å².